The van der Waals surface area contributed by atoms with Gasteiger partial charge in [0, 0.05) is 6.20 Å². The highest BCUT2D eigenvalue weighted by Crippen LogP contribution is 2.41. The normalized spacial score (nSPS) is 11.2. The van der Waals surface area contributed by atoms with Gasteiger partial charge in [0.1, 0.15) is 5.01 Å². The average molecular weight is 406 g/mol. The molecule has 0 aliphatic heterocycles. The molecule has 4 aromatic rings. The molecule has 4 rings (SSSR count). The third kappa shape index (κ3) is 3.94. The molecule has 8 heteroatoms. The Morgan fingerprint density at radius 2 is 1.96 bits per heavy atom. The van der Waals surface area contributed by atoms with Crippen molar-refractivity contribution in [2.45, 2.75) is 10.9 Å². The maximum atomic E-state index is 4.65. The van der Waals surface area contributed by atoms with E-state index < -0.39 is 0 Å². The van der Waals surface area contributed by atoms with Crippen LogP contribution in [-0.4, -0.2) is 15.0 Å². The second-order valence-electron chi connectivity index (χ2n) is 4.69. The van der Waals surface area contributed by atoms with E-state index in [-0.39, 0.29) is 0 Å². The number of benzene rings is 1. The van der Waals surface area contributed by atoms with Gasteiger partial charge < -0.3 is 0 Å². The molecule has 0 radical (unpaired) electrons. The molecule has 1 aromatic carbocycles. The summed E-state index contributed by atoms with van der Waals surface area (Å²) in [5, 5.41) is 4.01. The quantitative estimate of drug-likeness (QED) is 0.210. The summed E-state index contributed by atoms with van der Waals surface area (Å²) in [6, 6.07) is 14.3. The summed E-state index contributed by atoms with van der Waals surface area (Å²) < 4.78 is 1.25. The number of thiazole rings is 1. The molecular weight excluding hydrogens is 395 g/mol. The molecule has 3 nitrogen and oxygen atoms in total. The molecule has 0 N–H and O–H groups in total. The van der Waals surface area contributed by atoms with Crippen molar-refractivity contribution < 1.29 is 0 Å². The molecule has 0 bridgehead atoms. The van der Waals surface area contributed by atoms with Gasteiger partial charge in [-0.05, 0) is 50.3 Å². The van der Waals surface area contributed by atoms with E-state index >= 15 is 0 Å². The molecule has 0 saturated heterocycles. The third-order valence-corrected chi connectivity index (χ3v) is 8.87. The van der Waals surface area contributed by atoms with Crippen LogP contribution in [0.25, 0.3) is 20.8 Å². The van der Waals surface area contributed by atoms with Crippen LogP contribution in [0.4, 0.5) is 0 Å². The van der Waals surface area contributed by atoms with Crippen molar-refractivity contribution in [3.05, 3.63) is 59.0 Å². The lowest BCUT2D eigenvalue weighted by Crippen LogP contribution is -1.86. The lowest BCUT2D eigenvalue weighted by Gasteiger charge is -2.00. The highest BCUT2D eigenvalue weighted by molar-refractivity contribution is 9.09. The summed E-state index contributed by atoms with van der Waals surface area (Å²) in [5.74, 6) is 0.891. The predicted octanol–water partition coefficient (Wildman–Crippen LogP) is 6.40. The van der Waals surface area contributed by atoms with Gasteiger partial charge in [0.25, 0.3) is 0 Å². The molecule has 0 atom stereocenters. The Morgan fingerprint density at radius 1 is 1.00 bits per heavy atom. The van der Waals surface area contributed by atoms with Crippen molar-refractivity contribution in [2.75, 3.05) is 0 Å². The first-order valence-corrected chi connectivity index (χ1v) is 12.4. The Balaban J connectivity index is 1.33. The van der Waals surface area contributed by atoms with Crippen LogP contribution in [0.15, 0.2) is 59.2 Å². The largest absolute Gasteiger partial charge is 0.240 e. The fraction of sp³-hybridized carbons (Fsp3) is 0.0625. The van der Waals surface area contributed by atoms with Gasteiger partial charge in [-0.2, -0.15) is 0 Å². The standard InChI is InChI=1S/C16H11N3S5/c1-2-5-14-11(4-1)18-15(22-14)10-21-24-23-16-17-8-7-12(19-16)13-6-3-9-20-13/h1-9H,10H2. The molecule has 3 heterocycles. The number of hydrogen-bond acceptors (Lipinski definition) is 8. The van der Waals surface area contributed by atoms with Gasteiger partial charge in [-0.15, -0.1) is 22.7 Å². The molecule has 0 unspecified atom stereocenters. The fourth-order valence-electron chi connectivity index (χ4n) is 2.05. The third-order valence-electron chi connectivity index (χ3n) is 3.08. The zero-order valence-corrected chi connectivity index (χ0v) is 16.4. The van der Waals surface area contributed by atoms with E-state index in [1.165, 1.54) is 9.58 Å². The average Bonchev–Trinajstić information content (AvgIpc) is 3.28. The van der Waals surface area contributed by atoms with Crippen LogP contribution >= 0.6 is 54.1 Å². The molecule has 3 aromatic heterocycles. The van der Waals surface area contributed by atoms with E-state index in [2.05, 4.69) is 44.6 Å². The zero-order chi connectivity index (χ0) is 16.2. The monoisotopic (exact) mass is 405 g/mol. The maximum absolute atomic E-state index is 4.65. The Hall–Kier alpha value is -1.06. The number of thiophene rings is 1. The number of hydrogen-bond donors (Lipinski definition) is 0. The summed E-state index contributed by atoms with van der Waals surface area (Å²) in [4.78, 5) is 14.8. The van der Waals surface area contributed by atoms with Gasteiger partial charge in [0.2, 0.25) is 0 Å². The van der Waals surface area contributed by atoms with E-state index in [9.17, 15) is 0 Å². The van der Waals surface area contributed by atoms with Crippen molar-refractivity contribution >= 4 is 64.3 Å². The van der Waals surface area contributed by atoms with Gasteiger partial charge in [0.05, 0.1) is 26.5 Å². The van der Waals surface area contributed by atoms with E-state index in [1.54, 1.807) is 54.1 Å². The fourth-order valence-corrected chi connectivity index (χ4v) is 7.17. The molecule has 0 aliphatic carbocycles. The summed E-state index contributed by atoms with van der Waals surface area (Å²) in [6.45, 7) is 0. The second kappa shape index (κ2) is 7.88. The number of nitrogens with zero attached hydrogens (tertiary/aromatic N) is 3. The van der Waals surface area contributed by atoms with Crippen molar-refractivity contribution in [2.24, 2.45) is 0 Å². The Labute approximate surface area is 159 Å². The SMILES string of the molecule is c1csc(-c2ccnc(SSSCc3nc4ccccc4s3)n2)c1. The molecule has 0 amide bonds. The first-order valence-electron chi connectivity index (χ1n) is 7.06. The topological polar surface area (TPSA) is 38.7 Å². The highest BCUT2D eigenvalue weighted by atomic mass is 33.5. The molecule has 0 aliphatic rings. The lowest BCUT2D eigenvalue weighted by atomic mass is 10.3. The Kier molecular flexibility index (Phi) is 5.39. The number of rotatable bonds is 6. The van der Waals surface area contributed by atoms with Crippen molar-refractivity contribution in [3.8, 4) is 10.6 Å². The summed E-state index contributed by atoms with van der Waals surface area (Å²) >= 11 is 3.45. The Morgan fingerprint density at radius 3 is 2.83 bits per heavy atom. The molecule has 0 spiro atoms. The van der Waals surface area contributed by atoms with Gasteiger partial charge in [-0.3, -0.25) is 0 Å². The van der Waals surface area contributed by atoms with Gasteiger partial charge in [-0.1, -0.05) is 29.0 Å². The molecule has 0 saturated carbocycles. The van der Waals surface area contributed by atoms with Crippen molar-refractivity contribution in [3.63, 3.8) is 0 Å². The predicted molar refractivity (Wildman–Crippen MR) is 110 cm³/mol. The van der Waals surface area contributed by atoms with Crippen LogP contribution in [0.2, 0.25) is 0 Å². The lowest BCUT2D eigenvalue weighted by molar-refractivity contribution is 0.981. The molecule has 120 valence electrons. The van der Waals surface area contributed by atoms with E-state index in [4.69, 9.17) is 0 Å². The van der Waals surface area contributed by atoms with Gasteiger partial charge in [0.15, 0.2) is 5.16 Å². The Bertz CT molecular complexity index is 903. The summed E-state index contributed by atoms with van der Waals surface area (Å²) in [5.41, 5.74) is 2.07. The number of aromatic nitrogens is 3. The molecular formula is C16H11N3S5. The van der Waals surface area contributed by atoms with Crippen LogP contribution in [0.3, 0.4) is 0 Å². The van der Waals surface area contributed by atoms with Crippen LogP contribution in [-0.2, 0) is 5.75 Å². The smallest absolute Gasteiger partial charge is 0.199 e. The van der Waals surface area contributed by atoms with Gasteiger partial charge >= 0.3 is 0 Å². The molecule has 0 fully saturated rings. The first kappa shape index (κ1) is 16.4. The van der Waals surface area contributed by atoms with Crippen LogP contribution < -0.4 is 0 Å². The highest BCUT2D eigenvalue weighted by Gasteiger charge is 2.06. The number of fused-ring (bicyclic) bond motifs is 1. The van der Waals surface area contributed by atoms with E-state index in [0.29, 0.717) is 0 Å². The van der Waals surface area contributed by atoms with Crippen LogP contribution in [0.1, 0.15) is 5.01 Å². The zero-order valence-electron chi connectivity index (χ0n) is 12.3. The van der Waals surface area contributed by atoms with E-state index in [0.717, 1.165) is 27.1 Å². The van der Waals surface area contributed by atoms with Crippen molar-refractivity contribution in [1.82, 2.24) is 15.0 Å². The van der Waals surface area contributed by atoms with Gasteiger partial charge in [-0.25, -0.2) is 15.0 Å². The minimum atomic E-state index is 0.794. The van der Waals surface area contributed by atoms with E-state index in [1.807, 2.05) is 24.4 Å². The first-order chi connectivity index (χ1) is 11.9. The van der Waals surface area contributed by atoms with Crippen molar-refractivity contribution in [1.29, 1.82) is 0 Å². The number of para-hydroxylation sites is 1. The van der Waals surface area contributed by atoms with Crippen LogP contribution in [0.5, 0.6) is 0 Å². The summed E-state index contributed by atoms with van der Waals surface area (Å²) in [6.07, 6.45) is 1.82. The minimum absolute atomic E-state index is 0.794. The molecule has 24 heavy (non-hydrogen) atoms. The minimum Gasteiger partial charge on any atom is -0.240 e. The maximum Gasteiger partial charge on any atom is 0.199 e. The van der Waals surface area contributed by atoms with Crippen LogP contribution in [0, 0.1) is 0 Å². The summed E-state index contributed by atoms with van der Waals surface area (Å²) in [7, 11) is 5.06. The second-order valence-corrected chi connectivity index (χ2v) is 10.8.